The van der Waals surface area contributed by atoms with Gasteiger partial charge in [-0.1, -0.05) is 24.3 Å². The second-order valence-electron chi connectivity index (χ2n) is 4.95. The molecule has 20 heavy (non-hydrogen) atoms. The van der Waals surface area contributed by atoms with Crippen LogP contribution in [0.3, 0.4) is 0 Å². The Labute approximate surface area is 117 Å². The van der Waals surface area contributed by atoms with Gasteiger partial charge in [0.25, 0.3) is 0 Å². The van der Waals surface area contributed by atoms with Crippen molar-refractivity contribution in [2.75, 3.05) is 0 Å². The fourth-order valence-corrected chi connectivity index (χ4v) is 2.56. The molecule has 3 rings (SSSR count). The summed E-state index contributed by atoms with van der Waals surface area (Å²) in [6.45, 7) is 2.44. The van der Waals surface area contributed by atoms with Crippen LogP contribution in [0, 0.1) is 12.7 Å². The summed E-state index contributed by atoms with van der Waals surface area (Å²) < 4.78 is 21.2. The Morgan fingerprint density at radius 1 is 1.10 bits per heavy atom. The number of para-hydroxylation sites is 1. The zero-order valence-corrected chi connectivity index (χ0v) is 11.6. The van der Waals surface area contributed by atoms with Crippen LogP contribution in [0.1, 0.15) is 11.1 Å². The Kier molecular flexibility index (Phi) is 3.18. The largest absolute Gasteiger partial charge is 0.486 e. The monoisotopic (exact) mass is 269 g/mol. The van der Waals surface area contributed by atoms with Crippen molar-refractivity contribution >= 4 is 10.9 Å². The van der Waals surface area contributed by atoms with E-state index in [1.165, 1.54) is 17.0 Å². The van der Waals surface area contributed by atoms with Crippen molar-refractivity contribution in [2.24, 2.45) is 7.05 Å². The second-order valence-corrected chi connectivity index (χ2v) is 4.95. The molecule has 0 aliphatic rings. The van der Waals surface area contributed by atoms with E-state index in [4.69, 9.17) is 4.74 Å². The van der Waals surface area contributed by atoms with Crippen LogP contribution in [0.5, 0.6) is 5.75 Å². The minimum atomic E-state index is -0.329. The molecule has 2 aromatic carbocycles. The lowest BCUT2D eigenvalue weighted by Gasteiger charge is -2.07. The predicted octanol–water partition coefficient (Wildman–Crippen LogP) is 4.20. The zero-order valence-electron chi connectivity index (χ0n) is 11.6. The highest BCUT2D eigenvalue weighted by atomic mass is 19.1. The maximum absolute atomic E-state index is 13.6. The van der Waals surface area contributed by atoms with Crippen molar-refractivity contribution in [3.8, 4) is 5.75 Å². The number of nitrogens with zero attached hydrogens (tertiary/aromatic N) is 1. The van der Waals surface area contributed by atoms with Crippen LogP contribution < -0.4 is 4.74 Å². The van der Waals surface area contributed by atoms with Crippen LogP contribution in [0.25, 0.3) is 10.9 Å². The van der Waals surface area contributed by atoms with Gasteiger partial charge in [0.15, 0.2) is 11.6 Å². The Morgan fingerprint density at radius 3 is 2.70 bits per heavy atom. The molecule has 0 fully saturated rings. The summed E-state index contributed by atoms with van der Waals surface area (Å²) in [6.07, 6.45) is 2.04. The maximum atomic E-state index is 13.6. The van der Waals surface area contributed by atoms with Crippen molar-refractivity contribution in [3.63, 3.8) is 0 Å². The van der Waals surface area contributed by atoms with Crippen molar-refractivity contribution < 1.29 is 9.13 Å². The van der Waals surface area contributed by atoms with Gasteiger partial charge in [0.2, 0.25) is 0 Å². The van der Waals surface area contributed by atoms with Gasteiger partial charge in [-0.05, 0) is 30.7 Å². The Bertz CT molecular complexity index is 761. The molecular formula is C17H16FNO. The molecule has 1 heterocycles. The summed E-state index contributed by atoms with van der Waals surface area (Å²) in [5.41, 5.74) is 3.44. The molecule has 0 amide bonds. The van der Waals surface area contributed by atoms with E-state index >= 15 is 0 Å². The first-order valence-electron chi connectivity index (χ1n) is 6.57. The number of rotatable bonds is 3. The van der Waals surface area contributed by atoms with Crippen LogP contribution in [0.2, 0.25) is 0 Å². The number of aromatic nitrogens is 1. The number of hydrogen-bond acceptors (Lipinski definition) is 1. The van der Waals surface area contributed by atoms with Crippen molar-refractivity contribution in [2.45, 2.75) is 13.5 Å². The van der Waals surface area contributed by atoms with E-state index in [-0.39, 0.29) is 11.6 Å². The zero-order chi connectivity index (χ0) is 14.1. The van der Waals surface area contributed by atoms with Crippen LogP contribution in [0.4, 0.5) is 4.39 Å². The Balaban J connectivity index is 1.94. The van der Waals surface area contributed by atoms with Crippen LogP contribution in [-0.2, 0) is 13.7 Å². The van der Waals surface area contributed by atoms with Gasteiger partial charge < -0.3 is 9.30 Å². The lowest BCUT2D eigenvalue weighted by atomic mass is 10.1. The van der Waals surface area contributed by atoms with E-state index in [9.17, 15) is 4.39 Å². The fourth-order valence-electron chi connectivity index (χ4n) is 2.56. The SMILES string of the molecule is Cc1cccc2c1c(COc1ccccc1F)cn2C. The molecule has 0 saturated carbocycles. The number of ether oxygens (including phenoxy) is 1. The third kappa shape index (κ3) is 2.16. The molecule has 0 radical (unpaired) electrons. The molecule has 0 spiro atoms. The van der Waals surface area contributed by atoms with E-state index in [0.29, 0.717) is 6.61 Å². The quantitative estimate of drug-likeness (QED) is 0.695. The van der Waals surface area contributed by atoms with Gasteiger partial charge in [-0.25, -0.2) is 4.39 Å². The minimum absolute atomic E-state index is 0.290. The predicted molar refractivity (Wildman–Crippen MR) is 78.4 cm³/mol. The summed E-state index contributed by atoms with van der Waals surface area (Å²) in [4.78, 5) is 0. The highest BCUT2D eigenvalue weighted by Crippen LogP contribution is 2.26. The highest BCUT2D eigenvalue weighted by Gasteiger charge is 2.10. The summed E-state index contributed by atoms with van der Waals surface area (Å²) in [5, 5.41) is 1.19. The van der Waals surface area contributed by atoms with E-state index in [0.717, 1.165) is 11.1 Å². The maximum Gasteiger partial charge on any atom is 0.165 e. The first-order valence-corrected chi connectivity index (χ1v) is 6.57. The number of fused-ring (bicyclic) bond motifs is 1. The van der Waals surface area contributed by atoms with Crippen LogP contribution in [0.15, 0.2) is 48.7 Å². The molecular weight excluding hydrogens is 253 g/mol. The minimum Gasteiger partial charge on any atom is -0.486 e. The van der Waals surface area contributed by atoms with E-state index in [1.807, 2.05) is 19.3 Å². The third-order valence-electron chi connectivity index (χ3n) is 3.52. The molecule has 102 valence electrons. The van der Waals surface area contributed by atoms with Gasteiger partial charge in [0.05, 0.1) is 0 Å². The molecule has 3 aromatic rings. The van der Waals surface area contributed by atoms with Crippen molar-refractivity contribution in [3.05, 3.63) is 65.6 Å². The van der Waals surface area contributed by atoms with Gasteiger partial charge in [-0.15, -0.1) is 0 Å². The molecule has 0 atom stereocenters. The average molecular weight is 269 g/mol. The van der Waals surface area contributed by atoms with Gasteiger partial charge in [-0.3, -0.25) is 0 Å². The highest BCUT2D eigenvalue weighted by molar-refractivity contribution is 5.87. The van der Waals surface area contributed by atoms with Crippen LogP contribution >= 0.6 is 0 Å². The molecule has 0 bridgehead atoms. The van der Waals surface area contributed by atoms with E-state index in [2.05, 4.69) is 23.6 Å². The lowest BCUT2D eigenvalue weighted by molar-refractivity contribution is 0.291. The molecule has 0 saturated heterocycles. The van der Waals surface area contributed by atoms with Gasteiger partial charge in [0.1, 0.15) is 6.61 Å². The smallest absolute Gasteiger partial charge is 0.165 e. The first-order chi connectivity index (χ1) is 9.66. The molecule has 0 N–H and O–H groups in total. The van der Waals surface area contributed by atoms with E-state index in [1.54, 1.807) is 18.2 Å². The second kappa shape index (κ2) is 5.00. The standard InChI is InChI=1S/C17H16FNO/c1-12-6-5-8-15-17(12)13(10-19(15)2)11-20-16-9-4-3-7-14(16)18/h3-10H,11H2,1-2H3. The molecule has 3 heteroatoms. The number of aryl methyl sites for hydroxylation is 2. The van der Waals surface area contributed by atoms with Gasteiger partial charge in [0, 0.05) is 29.7 Å². The number of halogens is 1. The number of hydrogen-bond donors (Lipinski definition) is 0. The van der Waals surface area contributed by atoms with Crippen molar-refractivity contribution in [1.29, 1.82) is 0 Å². The molecule has 0 aliphatic carbocycles. The van der Waals surface area contributed by atoms with Gasteiger partial charge in [-0.2, -0.15) is 0 Å². The summed E-state index contributed by atoms with van der Waals surface area (Å²) in [5.74, 6) is -0.0393. The third-order valence-corrected chi connectivity index (χ3v) is 3.52. The van der Waals surface area contributed by atoms with E-state index < -0.39 is 0 Å². The van der Waals surface area contributed by atoms with Gasteiger partial charge >= 0.3 is 0 Å². The Hall–Kier alpha value is -2.29. The lowest BCUT2D eigenvalue weighted by Crippen LogP contribution is -1.97. The summed E-state index contributed by atoms with van der Waals surface area (Å²) >= 11 is 0. The molecule has 1 aromatic heterocycles. The number of benzene rings is 2. The normalized spacial score (nSPS) is 10.9. The summed E-state index contributed by atoms with van der Waals surface area (Å²) in [7, 11) is 2.01. The first kappa shape index (κ1) is 12.7. The van der Waals surface area contributed by atoms with Crippen LogP contribution in [-0.4, -0.2) is 4.57 Å². The average Bonchev–Trinajstić information content (AvgIpc) is 2.76. The topological polar surface area (TPSA) is 14.2 Å². The Morgan fingerprint density at radius 2 is 1.90 bits per heavy atom. The molecule has 2 nitrogen and oxygen atoms in total. The summed E-state index contributed by atoms with van der Waals surface area (Å²) in [6, 6.07) is 12.7. The fraction of sp³-hybridized carbons (Fsp3) is 0.176. The van der Waals surface area contributed by atoms with Crippen molar-refractivity contribution in [1.82, 2.24) is 4.57 Å². The molecule has 0 aliphatic heterocycles. The molecule has 0 unspecified atom stereocenters.